The van der Waals surface area contributed by atoms with E-state index in [1.807, 2.05) is 65.6 Å². The molecule has 5 rings (SSSR count). The summed E-state index contributed by atoms with van der Waals surface area (Å²) in [5, 5.41) is 12.6. The highest BCUT2D eigenvalue weighted by molar-refractivity contribution is 5.97. The molecule has 3 N–H and O–H groups in total. The molecule has 3 heterocycles. The number of nitrogens with one attached hydrogen (secondary N) is 1. The van der Waals surface area contributed by atoms with Crippen LogP contribution in [0, 0.1) is 17.2 Å². The molecule has 8 heteroatoms. The number of hydrogen-bond acceptors (Lipinski definition) is 7. The Morgan fingerprint density at radius 2 is 1.75 bits per heavy atom. The van der Waals surface area contributed by atoms with E-state index < -0.39 is 0 Å². The first-order valence-corrected chi connectivity index (χ1v) is 12.1. The van der Waals surface area contributed by atoms with Gasteiger partial charge in [-0.3, -0.25) is 4.79 Å². The van der Waals surface area contributed by atoms with Gasteiger partial charge in [-0.25, -0.2) is 9.97 Å². The van der Waals surface area contributed by atoms with Gasteiger partial charge in [0.2, 0.25) is 0 Å². The standard InChI is InChI=1S/C28H28N6O2/c1-18(15-29)28(35)34-21-9-10-22(34)14-19(13-21)16-31-27-25(26(30)32-17-33-27)20-7-11-24(12-8-20)36-23-5-3-2-4-6-23/h2-8,11-12,17,19,21-22H,1,9-10,13-14,16H2,(H3,30,31,32,33). The summed E-state index contributed by atoms with van der Waals surface area (Å²) >= 11 is 0. The van der Waals surface area contributed by atoms with Crippen LogP contribution in [0.5, 0.6) is 11.5 Å². The molecule has 36 heavy (non-hydrogen) atoms. The van der Waals surface area contributed by atoms with Crippen molar-refractivity contribution in [3.63, 3.8) is 0 Å². The molecule has 2 atom stereocenters. The van der Waals surface area contributed by atoms with Crippen LogP contribution in [0.25, 0.3) is 11.1 Å². The van der Waals surface area contributed by atoms with Crippen molar-refractivity contribution in [1.82, 2.24) is 14.9 Å². The first-order valence-electron chi connectivity index (χ1n) is 12.1. The van der Waals surface area contributed by atoms with Crippen molar-refractivity contribution in [2.75, 3.05) is 17.6 Å². The van der Waals surface area contributed by atoms with Crippen molar-refractivity contribution in [2.45, 2.75) is 37.8 Å². The first-order chi connectivity index (χ1) is 17.5. The molecule has 1 amide bonds. The number of anilines is 2. The molecule has 2 unspecified atom stereocenters. The molecule has 2 aromatic carbocycles. The molecule has 1 aromatic heterocycles. The molecular formula is C28H28N6O2. The fourth-order valence-electron chi connectivity index (χ4n) is 5.36. The summed E-state index contributed by atoms with van der Waals surface area (Å²) < 4.78 is 5.90. The number of para-hydroxylation sites is 1. The number of aromatic nitrogens is 2. The minimum atomic E-state index is -0.220. The molecule has 0 aliphatic carbocycles. The molecule has 0 saturated carbocycles. The maximum atomic E-state index is 12.6. The molecule has 2 aliphatic rings. The Balaban J connectivity index is 1.27. The number of carbonyl (C=O) groups is 1. The number of ether oxygens (including phenoxy) is 1. The highest BCUT2D eigenvalue weighted by atomic mass is 16.5. The smallest absolute Gasteiger partial charge is 0.264 e. The Kier molecular flexibility index (Phi) is 6.54. The van der Waals surface area contributed by atoms with E-state index in [1.165, 1.54) is 6.33 Å². The third kappa shape index (κ3) is 4.73. The zero-order chi connectivity index (χ0) is 25.1. The van der Waals surface area contributed by atoms with Crippen LogP contribution in [-0.4, -0.2) is 39.4 Å². The van der Waals surface area contributed by atoms with Gasteiger partial charge in [-0.05, 0) is 61.4 Å². The minimum Gasteiger partial charge on any atom is -0.457 e. The highest BCUT2D eigenvalue weighted by Gasteiger charge is 2.43. The molecule has 2 bridgehead atoms. The Hall–Kier alpha value is -4.38. The predicted molar refractivity (Wildman–Crippen MR) is 138 cm³/mol. The van der Waals surface area contributed by atoms with Crippen molar-refractivity contribution in [1.29, 1.82) is 5.26 Å². The topological polar surface area (TPSA) is 117 Å². The van der Waals surface area contributed by atoms with E-state index in [2.05, 4.69) is 21.9 Å². The molecular weight excluding hydrogens is 452 g/mol. The SMILES string of the molecule is C=C(C#N)C(=O)N1C2CCC1CC(CNc1ncnc(N)c1-c1ccc(Oc3ccccc3)cc1)C2. The van der Waals surface area contributed by atoms with E-state index in [-0.39, 0.29) is 23.6 Å². The van der Waals surface area contributed by atoms with Crippen molar-refractivity contribution in [3.8, 4) is 28.7 Å². The first kappa shape index (κ1) is 23.4. The van der Waals surface area contributed by atoms with Crippen LogP contribution in [0.2, 0.25) is 0 Å². The average Bonchev–Trinajstić information content (AvgIpc) is 3.17. The normalized spacial score (nSPS) is 20.4. The molecule has 3 aromatic rings. The van der Waals surface area contributed by atoms with E-state index in [1.54, 1.807) is 0 Å². The lowest BCUT2D eigenvalue weighted by Crippen LogP contribution is -2.48. The van der Waals surface area contributed by atoms with E-state index in [0.717, 1.165) is 48.3 Å². The summed E-state index contributed by atoms with van der Waals surface area (Å²) in [6.07, 6.45) is 5.17. The predicted octanol–water partition coefficient (Wildman–Crippen LogP) is 4.78. The second-order valence-electron chi connectivity index (χ2n) is 9.33. The highest BCUT2D eigenvalue weighted by Crippen LogP contribution is 2.40. The van der Waals surface area contributed by atoms with E-state index >= 15 is 0 Å². The number of piperidine rings is 1. The lowest BCUT2D eigenvalue weighted by Gasteiger charge is -2.39. The largest absolute Gasteiger partial charge is 0.457 e. The summed E-state index contributed by atoms with van der Waals surface area (Å²) in [4.78, 5) is 23.2. The minimum absolute atomic E-state index is 0.0183. The summed E-state index contributed by atoms with van der Waals surface area (Å²) in [5.74, 6) is 2.75. The Labute approximate surface area is 210 Å². The molecule has 182 valence electrons. The number of carbonyl (C=O) groups excluding carboxylic acids is 1. The third-order valence-corrected chi connectivity index (χ3v) is 7.02. The van der Waals surface area contributed by atoms with Crippen LogP contribution in [0.3, 0.4) is 0 Å². The van der Waals surface area contributed by atoms with Crippen LogP contribution in [0.4, 0.5) is 11.6 Å². The molecule has 0 radical (unpaired) electrons. The summed E-state index contributed by atoms with van der Waals surface area (Å²) in [6.45, 7) is 4.33. The third-order valence-electron chi connectivity index (χ3n) is 7.02. The lowest BCUT2D eigenvalue weighted by atomic mass is 9.90. The van der Waals surface area contributed by atoms with Gasteiger partial charge in [0.15, 0.2) is 0 Å². The summed E-state index contributed by atoms with van der Waals surface area (Å²) in [5.41, 5.74) is 7.94. The van der Waals surface area contributed by atoms with Gasteiger partial charge >= 0.3 is 0 Å². The van der Waals surface area contributed by atoms with Gasteiger partial charge in [-0.15, -0.1) is 0 Å². The van der Waals surface area contributed by atoms with Crippen molar-refractivity contribution in [2.24, 2.45) is 5.92 Å². The van der Waals surface area contributed by atoms with Crippen molar-refractivity contribution < 1.29 is 9.53 Å². The quantitative estimate of drug-likeness (QED) is 0.369. The monoisotopic (exact) mass is 480 g/mol. The number of nitrogen functional groups attached to an aromatic ring is 1. The van der Waals surface area contributed by atoms with Gasteiger partial charge in [0, 0.05) is 18.6 Å². The lowest BCUT2D eigenvalue weighted by molar-refractivity contribution is -0.131. The number of amides is 1. The Morgan fingerprint density at radius 3 is 2.42 bits per heavy atom. The van der Waals surface area contributed by atoms with Gasteiger partial charge in [0.05, 0.1) is 5.56 Å². The fourth-order valence-corrected chi connectivity index (χ4v) is 5.36. The second-order valence-corrected chi connectivity index (χ2v) is 9.33. The number of fused-ring (bicyclic) bond motifs is 2. The van der Waals surface area contributed by atoms with Crippen LogP contribution in [0.15, 0.2) is 73.1 Å². The second kappa shape index (κ2) is 10.1. The Morgan fingerprint density at radius 1 is 1.08 bits per heavy atom. The summed E-state index contributed by atoms with van der Waals surface area (Å²) in [6, 6.07) is 19.5. The Bertz CT molecular complexity index is 1290. The van der Waals surface area contributed by atoms with Gasteiger partial charge in [0.1, 0.15) is 41.1 Å². The molecule has 8 nitrogen and oxygen atoms in total. The number of rotatable bonds is 7. The molecule has 0 spiro atoms. The number of nitrogens with two attached hydrogens (primary N) is 1. The maximum Gasteiger partial charge on any atom is 0.264 e. The van der Waals surface area contributed by atoms with Crippen LogP contribution >= 0.6 is 0 Å². The number of nitriles is 1. The maximum absolute atomic E-state index is 12.6. The van der Waals surface area contributed by atoms with E-state index in [4.69, 9.17) is 15.7 Å². The van der Waals surface area contributed by atoms with Crippen LogP contribution in [0.1, 0.15) is 25.7 Å². The van der Waals surface area contributed by atoms with E-state index in [0.29, 0.717) is 24.1 Å². The summed E-state index contributed by atoms with van der Waals surface area (Å²) in [7, 11) is 0. The van der Waals surface area contributed by atoms with Gasteiger partial charge < -0.3 is 20.7 Å². The van der Waals surface area contributed by atoms with Gasteiger partial charge in [-0.2, -0.15) is 5.26 Å². The molecule has 2 saturated heterocycles. The van der Waals surface area contributed by atoms with Crippen LogP contribution in [-0.2, 0) is 4.79 Å². The zero-order valence-electron chi connectivity index (χ0n) is 19.9. The zero-order valence-corrected chi connectivity index (χ0v) is 19.9. The number of nitrogens with zero attached hydrogens (tertiary/aromatic N) is 4. The average molecular weight is 481 g/mol. The molecule has 2 fully saturated rings. The van der Waals surface area contributed by atoms with Crippen molar-refractivity contribution >= 4 is 17.5 Å². The number of hydrogen-bond donors (Lipinski definition) is 2. The van der Waals surface area contributed by atoms with Gasteiger partial charge in [0.25, 0.3) is 5.91 Å². The van der Waals surface area contributed by atoms with E-state index in [9.17, 15) is 4.79 Å². The van der Waals surface area contributed by atoms with Crippen LogP contribution < -0.4 is 15.8 Å². The van der Waals surface area contributed by atoms with Crippen molar-refractivity contribution in [3.05, 3.63) is 73.1 Å². The fraction of sp³-hybridized carbons (Fsp3) is 0.286. The van der Waals surface area contributed by atoms with Gasteiger partial charge in [-0.1, -0.05) is 36.9 Å². The molecule has 2 aliphatic heterocycles. The number of benzene rings is 2.